The molecule has 1 aliphatic rings. The highest BCUT2D eigenvalue weighted by atomic mass is 79.9. The van der Waals surface area contributed by atoms with Crippen LogP contribution < -0.4 is 4.74 Å². The van der Waals surface area contributed by atoms with E-state index in [1.54, 1.807) is 18.2 Å². The maximum atomic E-state index is 11.7. The molecule has 0 radical (unpaired) electrons. The summed E-state index contributed by atoms with van der Waals surface area (Å²) in [7, 11) is -1.78. The maximum absolute atomic E-state index is 11.7. The van der Waals surface area contributed by atoms with Gasteiger partial charge in [-0.2, -0.15) is 5.26 Å². The lowest BCUT2D eigenvalue weighted by atomic mass is 9.80. The minimum Gasteiger partial charge on any atom is -0.497 e. The van der Waals surface area contributed by atoms with Gasteiger partial charge in [0.2, 0.25) is 0 Å². The van der Waals surface area contributed by atoms with Gasteiger partial charge in [-0.25, -0.2) is 8.42 Å². The summed E-state index contributed by atoms with van der Waals surface area (Å²) >= 11 is 3.31. The van der Waals surface area contributed by atoms with E-state index in [0.29, 0.717) is 15.8 Å². The SMILES string of the molecule is COc1ccc(Br)c(C(O)C2(C#N)CCS(=O)(=O)C2)c1. The Balaban J connectivity index is 2.45. The van der Waals surface area contributed by atoms with Gasteiger partial charge in [0.1, 0.15) is 11.2 Å². The van der Waals surface area contributed by atoms with Crippen molar-refractivity contribution >= 4 is 25.8 Å². The minimum atomic E-state index is -3.28. The molecule has 2 rings (SSSR count). The molecule has 1 fully saturated rings. The first-order valence-corrected chi connectivity index (χ1v) is 8.58. The molecule has 108 valence electrons. The second-order valence-electron chi connectivity index (χ2n) is 4.90. The monoisotopic (exact) mass is 359 g/mol. The summed E-state index contributed by atoms with van der Waals surface area (Å²) in [5.74, 6) is 0.150. The predicted molar refractivity (Wildman–Crippen MR) is 77.0 cm³/mol. The number of benzene rings is 1. The Morgan fingerprint density at radius 2 is 2.25 bits per heavy atom. The molecule has 2 atom stereocenters. The summed E-state index contributed by atoms with van der Waals surface area (Å²) < 4.78 is 29.0. The predicted octanol–water partition coefficient (Wildman–Crippen LogP) is 1.82. The fourth-order valence-corrected chi connectivity index (χ4v) is 4.83. The first-order valence-electron chi connectivity index (χ1n) is 5.97. The summed E-state index contributed by atoms with van der Waals surface area (Å²) in [6.07, 6.45) is -1.05. The van der Waals surface area contributed by atoms with Crippen molar-refractivity contribution in [2.24, 2.45) is 5.41 Å². The second kappa shape index (κ2) is 5.35. The van der Waals surface area contributed by atoms with Crippen molar-refractivity contribution in [2.75, 3.05) is 18.6 Å². The zero-order valence-electron chi connectivity index (χ0n) is 10.8. The minimum absolute atomic E-state index is 0.0702. The Hall–Kier alpha value is -1.10. The fraction of sp³-hybridized carbons (Fsp3) is 0.462. The Kier molecular flexibility index (Phi) is 4.09. The number of nitrogens with zero attached hydrogens (tertiary/aromatic N) is 1. The van der Waals surface area contributed by atoms with Gasteiger partial charge in [0.15, 0.2) is 9.84 Å². The number of nitriles is 1. The van der Waals surface area contributed by atoms with E-state index in [9.17, 15) is 18.8 Å². The third-order valence-corrected chi connectivity index (χ3v) is 6.08. The maximum Gasteiger partial charge on any atom is 0.152 e. The van der Waals surface area contributed by atoms with Gasteiger partial charge in [-0.3, -0.25) is 0 Å². The highest BCUT2D eigenvalue weighted by Crippen LogP contribution is 2.45. The summed E-state index contributed by atoms with van der Waals surface area (Å²) in [5, 5.41) is 19.9. The molecule has 1 aromatic carbocycles. The van der Waals surface area contributed by atoms with E-state index < -0.39 is 21.4 Å². The van der Waals surface area contributed by atoms with Gasteiger partial charge in [-0.05, 0) is 30.2 Å². The van der Waals surface area contributed by atoms with Crippen molar-refractivity contribution in [2.45, 2.75) is 12.5 Å². The van der Waals surface area contributed by atoms with Crippen LogP contribution in [0.5, 0.6) is 5.75 Å². The van der Waals surface area contributed by atoms with E-state index in [-0.39, 0.29) is 17.9 Å². The topological polar surface area (TPSA) is 87.4 Å². The van der Waals surface area contributed by atoms with Crippen LogP contribution in [0.25, 0.3) is 0 Å². The number of halogens is 1. The van der Waals surface area contributed by atoms with Gasteiger partial charge in [0.05, 0.1) is 30.8 Å². The fourth-order valence-electron chi connectivity index (χ4n) is 2.40. The molecular formula is C13H14BrNO4S. The molecule has 5 nitrogen and oxygen atoms in total. The van der Waals surface area contributed by atoms with Crippen LogP contribution in [-0.2, 0) is 9.84 Å². The van der Waals surface area contributed by atoms with Crippen LogP contribution in [0.2, 0.25) is 0 Å². The van der Waals surface area contributed by atoms with Crippen LogP contribution in [0, 0.1) is 16.7 Å². The van der Waals surface area contributed by atoms with Crippen molar-refractivity contribution in [3.63, 3.8) is 0 Å². The molecule has 1 aliphatic heterocycles. The van der Waals surface area contributed by atoms with Crippen LogP contribution in [-0.4, -0.2) is 32.1 Å². The Morgan fingerprint density at radius 3 is 2.75 bits per heavy atom. The molecule has 0 aromatic heterocycles. The quantitative estimate of drug-likeness (QED) is 0.889. The zero-order chi connectivity index (χ0) is 15.0. The number of aliphatic hydroxyl groups excluding tert-OH is 1. The molecule has 1 N–H and O–H groups in total. The Morgan fingerprint density at radius 1 is 1.55 bits per heavy atom. The molecule has 1 aromatic rings. The number of rotatable bonds is 3. The smallest absolute Gasteiger partial charge is 0.152 e. The van der Waals surface area contributed by atoms with E-state index in [0.717, 1.165) is 0 Å². The highest BCUT2D eigenvalue weighted by Gasteiger charge is 2.49. The molecule has 1 saturated heterocycles. The lowest BCUT2D eigenvalue weighted by molar-refractivity contribution is 0.0785. The number of sulfone groups is 1. The Labute approximate surface area is 126 Å². The standard InChI is InChI=1S/C13H14BrNO4S/c1-19-9-2-3-11(14)10(6-9)12(16)13(7-15)4-5-20(17,18)8-13/h2-3,6,12,16H,4-5,8H2,1H3. The average molecular weight is 360 g/mol. The zero-order valence-corrected chi connectivity index (χ0v) is 13.2. The van der Waals surface area contributed by atoms with Crippen LogP contribution in [0.15, 0.2) is 22.7 Å². The third kappa shape index (κ3) is 2.68. The second-order valence-corrected chi connectivity index (χ2v) is 7.94. The highest BCUT2D eigenvalue weighted by molar-refractivity contribution is 9.10. The number of hydrogen-bond acceptors (Lipinski definition) is 5. The molecule has 1 heterocycles. The molecule has 20 heavy (non-hydrogen) atoms. The largest absolute Gasteiger partial charge is 0.497 e. The first kappa shape index (κ1) is 15.3. The third-order valence-electron chi connectivity index (χ3n) is 3.58. The molecule has 0 saturated carbocycles. The Bertz CT molecular complexity index is 667. The molecule has 7 heteroatoms. The summed E-state index contributed by atoms with van der Waals surface area (Å²) in [6, 6.07) is 7.03. The molecule has 2 unspecified atom stereocenters. The van der Waals surface area contributed by atoms with Crippen molar-refractivity contribution < 1.29 is 18.3 Å². The van der Waals surface area contributed by atoms with Gasteiger partial charge in [0.25, 0.3) is 0 Å². The van der Waals surface area contributed by atoms with Gasteiger partial charge < -0.3 is 9.84 Å². The lowest BCUT2D eigenvalue weighted by Gasteiger charge is -2.27. The lowest BCUT2D eigenvalue weighted by Crippen LogP contribution is -2.29. The van der Waals surface area contributed by atoms with Crippen LogP contribution in [0.3, 0.4) is 0 Å². The summed E-state index contributed by atoms with van der Waals surface area (Å²) in [4.78, 5) is 0. The van der Waals surface area contributed by atoms with Gasteiger partial charge in [0, 0.05) is 4.47 Å². The first-order chi connectivity index (χ1) is 9.33. The van der Waals surface area contributed by atoms with Crippen molar-refractivity contribution in [1.82, 2.24) is 0 Å². The summed E-state index contributed by atoms with van der Waals surface area (Å²) in [5.41, 5.74) is -0.837. The molecule has 0 bridgehead atoms. The van der Waals surface area contributed by atoms with Crippen molar-refractivity contribution in [3.05, 3.63) is 28.2 Å². The van der Waals surface area contributed by atoms with Crippen LogP contribution >= 0.6 is 15.9 Å². The van der Waals surface area contributed by atoms with E-state index in [2.05, 4.69) is 15.9 Å². The van der Waals surface area contributed by atoms with Gasteiger partial charge >= 0.3 is 0 Å². The number of ether oxygens (including phenoxy) is 1. The molecule has 0 spiro atoms. The number of methoxy groups -OCH3 is 1. The normalized spacial score (nSPS) is 25.9. The molecule has 0 amide bonds. The number of hydrogen-bond donors (Lipinski definition) is 1. The summed E-state index contributed by atoms with van der Waals surface area (Å²) in [6.45, 7) is 0. The average Bonchev–Trinajstić information content (AvgIpc) is 2.75. The van der Waals surface area contributed by atoms with Gasteiger partial charge in [-0.1, -0.05) is 15.9 Å². The van der Waals surface area contributed by atoms with Crippen LogP contribution in [0.1, 0.15) is 18.1 Å². The molecule has 0 aliphatic carbocycles. The van der Waals surface area contributed by atoms with E-state index in [4.69, 9.17) is 4.74 Å². The van der Waals surface area contributed by atoms with Gasteiger partial charge in [-0.15, -0.1) is 0 Å². The molecular weight excluding hydrogens is 346 g/mol. The number of aliphatic hydroxyl groups is 1. The van der Waals surface area contributed by atoms with E-state index in [1.807, 2.05) is 6.07 Å². The van der Waals surface area contributed by atoms with E-state index >= 15 is 0 Å². The van der Waals surface area contributed by atoms with Crippen LogP contribution in [0.4, 0.5) is 0 Å². The van der Waals surface area contributed by atoms with Crippen molar-refractivity contribution in [3.8, 4) is 11.8 Å². The van der Waals surface area contributed by atoms with Crippen molar-refractivity contribution in [1.29, 1.82) is 5.26 Å². The van der Waals surface area contributed by atoms with E-state index in [1.165, 1.54) is 7.11 Å².